The summed E-state index contributed by atoms with van der Waals surface area (Å²) in [4.78, 5) is 15.2. The van der Waals surface area contributed by atoms with Crippen LogP contribution in [0.15, 0.2) is 0 Å². The fourth-order valence-corrected chi connectivity index (χ4v) is 5.79. The van der Waals surface area contributed by atoms with Gasteiger partial charge in [-0.1, -0.05) is 6.42 Å². The number of amides is 1. The van der Waals surface area contributed by atoms with E-state index in [1.165, 1.54) is 19.3 Å². The van der Waals surface area contributed by atoms with Crippen molar-refractivity contribution in [3.05, 3.63) is 0 Å². The van der Waals surface area contributed by atoms with Gasteiger partial charge in [0, 0.05) is 51.7 Å². The second-order valence-corrected chi connectivity index (χ2v) is 8.92. The Hall–Kier alpha value is -0.730. The summed E-state index contributed by atoms with van der Waals surface area (Å²) >= 11 is 0. The number of carbonyl (C=O) groups is 1. The topological polar surface area (TPSA) is 91.3 Å². The maximum Gasteiger partial charge on any atom is 0.230 e. The minimum Gasteiger partial charge on any atom is -0.393 e. The first-order valence-corrected chi connectivity index (χ1v) is 10.6. The first-order valence-electron chi connectivity index (χ1n) is 10.6. The summed E-state index contributed by atoms with van der Waals surface area (Å²) in [5.41, 5.74) is 0. The first-order chi connectivity index (χ1) is 13.1. The average Bonchev–Trinajstić information content (AvgIpc) is 3.30. The van der Waals surface area contributed by atoms with Crippen molar-refractivity contribution in [3.63, 3.8) is 0 Å². The molecular weight excluding hydrogens is 348 g/mol. The molecule has 2 aliphatic carbocycles. The van der Waals surface area contributed by atoms with E-state index in [4.69, 9.17) is 9.47 Å². The SMILES string of the molecule is COC1CC(O)CC(O)C1C(=O)N1CC2CCCC(NC3CCOC3)C2C1. The second kappa shape index (κ2) is 8.33. The molecule has 4 fully saturated rings. The molecule has 1 amide bonds. The molecule has 0 radical (unpaired) electrons. The summed E-state index contributed by atoms with van der Waals surface area (Å²) < 4.78 is 11.0. The van der Waals surface area contributed by atoms with Crippen LogP contribution in [0.3, 0.4) is 0 Å². The number of nitrogens with one attached hydrogen (secondary N) is 1. The van der Waals surface area contributed by atoms with Gasteiger partial charge in [0.1, 0.15) is 0 Å². The lowest BCUT2D eigenvalue weighted by atomic mass is 9.78. The number of aliphatic hydroxyl groups is 2. The van der Waals surface area contributed by atoms with Gasteiger partial charge in [0.05, 0.1) is 30.8 Å². The zero-order valence-electron chi connectivity index (χ0n) is 16.3. The van der Waals surface area contributed by atoms with Crippen molar-refractivity contribution >= 4 is 5.91 Å². The monoisotopic (exact) mass is 382 g/mol. The fraction of sp³-hybridized carbons (Fsp3) is 0.950. The van der Waals surface area contributed by atoms with Crippen molar-refractivity contribution in [2.45, 2.75) is 68.9 Å². The van der Waals surface area contributed by atoms with Gasteiger partial charge in [-0.15, -0.1) is 0 Å². The Bertz CT molecular complexity index is 527. The highest BCUT2D eigenvalue weighted by Gasteiger charge is 2.48. The van der Waals surface area contributed by atoms with Gasteiger partial charge in [-0.3, -0.25) is 4.79 Å². The highest BCUT2D eigenvalue weighted by atomic mass is 16.5. The molecule has 7 heteroatoms. The number of hydrogen-bond donors (Lipinski definition) is 3. The highest BCUT2D eigenvalue weighted by Crippen LogP contribution is 2.39. The van der Waals surface area contributed by atoms with Crippen LogP contribution in [-0.4, -0.2) is 84.8 Å². The summed E-state index contributed by atoms with van der Waals surface area (Å²) in [5, 5.41) is 24.2. The molecule has 7 nitrogen and oxygen atoms in total. The molecule has 0 aromatic heterocycles. The lowest BCUT2D eigenvalue weighted by Crippen LogP contribution is -2.52. The molecule has 2 heterocycles. The lowest BCUT2D eigenvalue weighted by Gasteiger charge is -2.38. The van der Waals surface area contributed by atoms with E-state index in [9.17, 15) is 15.0 Å². The second-order valence-electron chi connectivity index (χ2n) is 8.92. The Morgan fingerprint density at radius 3 is 2.78 bits per heavy atom. The van der Waals surface area contributed by atoms with Gasteiger partial charge in [-0.25, -0.2) is 0 Å². The zero-order chi connectivity index (χ0) is 19.0. The first kappa shape index (κ1) is 19.6. The molecule has 8 atom stereocenters. The van der Waals surface area contributed by atoms with Gasteiger partial charge in [0.25, 0.3) is 0 Å². The number of aliphatic hydroxyl groups excluding tert-OH is 2. The third-order valence-electron chi connectivity index (χ3n) is 7.21. The van der Waals surface area contributed by atoms with E-state index in [2.05, 4.69) is 5.32 Å². The highest BCUT2D eigenvalue weighted by molar-refractivity contribution is 5.80. The Morgan fingerprint density at radius 1 is 1.19 bits per heavy atom. The number of fused-ring (bicyclic) bond motifs is 1. The molecule has 8 unspecified atom stereocenters. The van der Waals surface area contributed by atoms with Crippen LogP contribution in [0.1, 0.15) is 38.5 Å². The van der Waals surface area contributed by atoms with E-state index in [0.717, 1.165) is 32.7 Å². The predicted octanol–water partition coefficient (Wildman–Crippen LogP) is 0.139. The quantitative estimate of drug-likeness (QED) is 0.641. The number of ether oxygens (including phenoxy) is 2. The van der Waals surface area contributed by atoms with E-state index >= 15 is 0 Å². The summed E-state index contributed by atoms with van der Waals surface area (Å²) in [6.07, 6.45) is 3.43. The van der Waals surface area contributed by atoms with Crippen LogP contribution in [0.25, 0.3) is 0 Å². The fourth-order valence-electron chi connectivity index (χ4n) is 5.79. The maximum atomic E-state index is 13.2. The molecule has 2 saturated heterocycles. The number of nitrogens with zero attached hydrogens (tertiary/aromatic N) is 1. The minimum absolute atomic E-state index is 0.00130. The molecule has 27 heavy (non-hydrogen) atoms. The largest absolute Gasteiger partial charge is 0.393 e. The molecule has 2 aliphatic heterocycles. The van der Waals surface area contributed by atoms with Gasteiger partial charge in [-0.2, -0.15) is 0 Å². The van der Waals surface area contributed by atoms with Crippen LogP contribution in [-0.2, 0) is 14.3 Å². The summed E-state index contributed by atoms with van der Waals surface area (Å²) in [6.45, 7) is 3.18. The summed E-state index contributed by atoms with van der Waals surface area (Å²) in [5.74, 6) is 0.456. The molecule has 0 aromatic rings. The third-order valence-corrected chi connectivity index (χ3v) is 7.21. The van der Waals surface area contributed by atoms with Crippen molar-refractivity contribution in [1.29, 1.82) is 0 Å². The molecule has 154 valence electrons. The van der Waals surface area contributed by atoms with E-state index < -0.39 is 24.2 Å². The van der Waals surface area contributed by atoms with E-state index in [1.807, 2.05) is 4.90 Å². The minimum atomic E-state index is -0.835. The van der Waals surface area contributed by atoms with Gasteiger partial charge in [0.2, 0.25) is 5.91 Å². The molecule has 2 saturated carbocycles. The third kappa shape index (κ3) is 4.03. The Labute approximate surface area is 161 Å². The number of rotatable bonds is 4. The van der Waals surface area contributed by atoms with Crippen LogP contribution in [0, 0.1) is 17.8 Å². The van der Waals surface area contributed by atoms with Crippen LogP contribution in [0.2, 0.25) is 0 Å². The number of hydrogen-bond acceptors (Lipinski definition) is 6. The predicted molar refractivity (Wildman–Crippen MR) is 99.1 cm³/mol. The molecular formula is C20H34N2O5. The maximum absolute atomic E-state index is 13.2. The number of likely N-dealkylation sites (tertiary alicyclic amines) is 1. The Kier molecular flexibility index (Phi) is 6.04. The van der Waals surface area contributed by atoms with Crippen molar-refractivity contribution < 1.29 is 24.5 Å². The van der Waals surface area contributed by atoms with Crippen molar-refractivity contribution in [3.8, 4) is 0 Å². The van der Waals surface area contributed by atoms with Crippen LogP contribution in [0.4, 0.5) is 0 Å². The van der Waals surface area contributed by atoms with Gasteiger partial charge in [-0.05, 0) is 31.1 Å². The summed E-state index contributed by atoms with van der Waals surface area (Å²) in [6, 6.07) is 0.891. The molecule has 4 aliphatic rings. The van der Waals surface area contributed by atoms with Gasteiger partial charge < -0.3 is 29.9 Å². The standard InChI is InChI=1S/C20H34N2O5/c1-26-18-8-14(23)7-17(24)19(18)20(25)22-9-12-3-2-4-16(15(12)10-22)21-13-5-6-27-11-13/h12-19,21,23-24H,2-11H2,1H3. The van der Waals surface area contributed by atoms with Gasteiger partial charge >= 0.3 is 0 Å². The smallest absolute Gasteiger partial charge is 0.230 e. The van der Waals surface area contributed by atoms with Crippen LogP contribution < -0.4 is 5.32 Å². The van der Waals surface area contributed by atoms with E-state index in [0.29, 0.717) is 30.3 Å². The molecule has 3 N–H and O–H groups in total. The van der Waals surface area contributed by atoms with Crippen LogP contribution >= 0.6 is 0 Å². The van der Waals surface area contributed by atoms with Gasteiger partial charge in [0.15, 0.2) is 0 Å². The summed E-state index contributed by atoms with van der Waals surface area (Å²) in [7, 11) is 1.56. The van der Waals surface area contributed by atoms with Crippen molar-refractivity contribution in [2.75, 3.05) is 33.4 Å². The Morgan fingerprint density at radius 2 is 2.04 bits per heavy atom. The number of carbonyl (C=O) groups excluding carboxylic acids is 1. The van der Waals surface area contributed by atoms with E-state index in [-0.39, 0.29) is 12.3 Å². The van der Waals surface area contributed by atoms with E-state index in [1.54, 1.807) is 7.11 Å². The van der Waals surface area contributed by atoms with Crippen LogP contribution in [0.5, 0.6) is 0 Å². The molecule has 0 bridgehead atoms. The average molecular weight is 383 g/mol. The molecule has 0 aromatic carbocycles. The normalized spacial score (nSPS) is 45.1. The lowest BCUT2D eigenvalue weighted by molar-refractivity contribution is -0.154. The van der Waals surface area contributed by atoms with Crippen molar-refractivity contribution in [2.24, 2.45) is 17.8 Å². The van der Waals surface area contributed by atoms with Crippen molar-refractivity contribution in [1.82, 2.24) is 10.2 Å². The molecule has 0 spiro atoms. The molecule has 4 rings (SSSR count). The zero-order valence-corrected chi connectivity index (χ0v) is 16.3. The number of methoxy groups -OCH3 is 1. The Balaban J connectivity index is 1.41.